The van der Waals surface area contributed by atoms with Crippen molar-refractivity contribution in [2.75, 3.05) is 0 Å². The normalized spacial score (nSPS) is 18.9. The monoisotopic (exact) mass is 337 g/mol. The van der Waals surface area contributed by atoms with Crippen molar-refractivity contribution < 1.29 is 14.3 Å². The molecule has 0 N–H and O–H groups in total. The molecule has 25 heavy (non-hydrogen) atoms. The standard InChI is InChI=1S/C21H23NO3/c1-21(2)18(15-17-11-7-4-8-12-17)22(20(24)25-21)19(23)14-13-16-9-5-3-6-10-16/h3-12,18H,13-15H2,1-2H3/t18-/m0/s1. The summed E-state index contributed by atoms with van der Waals surface area (Å²) in [6, 6.07) is 19.4. The predicted molar refractivity (Wildman–Crippen MR) is 96.1 cm³/mol. The molecule has 0 radical (unpaired) electrons. The van der Waals surface area contributed by atoms with Crippen molar-refractivity contribution >= 4 is 12.0 Å². The first kappa shape index (κ1) is 17.2. The average molecular weight is 337 g/mol. The molecule has 0 saturated carbocycles. The second-order valence-corrected chi connectivity index (χ2v) is 6.93. The van der Waals surface area contributed by atoms with E-state index in [1.165, 1.54) is 4.90 Å². The van der Waals surface area contributed by atoms with E-state index in [1.54, 1.807) is 0 Å². The summed E-state index contributed by atoms with van der Waals surface area (Å²) in [5, 5.41) is 0. The van der Waals surface area contributed by atoms with Crippen molar-refractivity contribution in [1.29, 1.82) is 0 Å². The summed E-state index contributed by atoms with van der Waals surface area (Å²) in [5.41, 5.74) is 1.47. The molecule has 2 aromatic rings. The Kier molecular flexibility index (Phi) is 4.88. The van der Waals surface area contributed by atoms with Crippen LogP contribution in [0.4, 0.5) is 4.79 Å². The molecule has 1 aliphatic rings. The minimum Gasteiger partial charge on any atom is -0.441 e. The second kappa shape index (κ2) is 7.09. The molecular weight excluding hydrogens is 314 g/mol. The van der Waals surface area contributed by atoms with Gasteiger partial charge in [-0.05, 0) is 37.8 Å². The maximum absolute atomic E-state index is 12.7. The van der Waals surface area contributed by atoms with E-state index in [9.17, 15) is 9.59 Å². The number of rotatable bonds is 5. The minimum atomic E-state index is -0.699. The highest BCUT2D eigenvalue weighted by Crippen LogP contribution is 2.32. The SMILES string of the molecule is CC1(C)OC(=O)N(C(=O)CCc2ccccc2)[C@H]1Cc1ccccc1. The first-order valence-corrected chi connectivity index (χ1v) is 8.60. The molecule has 1 fully saturated rings. The van der Waals surface area contributed by atoms with Crippen molar-refractivity contribution in [3.05, 3.63) is 71.8 Å². The Labute approximate surface area is 148 Å². The van der Waals surface area contributed by atoms with E-state index in [-0.39, 0.29) is 11.9 Å². The number of nitrogens with zero attached hydrogens (tertiary/aromatic N) is 1. The molecule has 0 aliphatic carbocycles. The smallest absolute Gasteiger partial charge is 0.417 e. The number of aryl methyl sites for hydroxylation is 1. The van der Waals surface area contributed by atoms with Gasteiger partial charge in [0, 0.05) is 6.42 Å². The number of ether oxygens (including phenoxy) is 1. The summed E-state index contributed by atoms with van der Waals surface area (Å²) in [5.74, 6) is -0.180. The lowest BCUT2D eigenvalue weighted by molar-refractivity contribution is -0.129. The van der Waals surface area contributed by atoms with Crippen LogP contribution in [0.3, 0.4) is 0 Å². The lowest BCUT2D eigenvalue weighted by Gasteiger charge is -2.28. The van der Waals surface area contributed by atoms with Crippen LogP contribution in [-0.2, 0) is 22.4 Å². The lowest BCUT2D eigenvalue weighted by Crippen LogP contribution is -2.46. The zero-order valence-corrected chi connectivity index (χ0v) is 14.6. The highest BCUT2D eigenvalue weighted by atomic mass is 16.6. The number of benzene rings is 2. The summed E-state index contributed by atoms with van der Waals surface area (Å²) in [6.07, 6.45) is 0.961. The molecule has 4 heteroatoms. The number of cyclic esters (lactones) is 1. The molecule has 1 aliphatic heterocycles. The Morgan fingerprint density at radius 2 is 1.56 bits per heavy atom. The Morgan fingerprint density at radius 1 is 1.00 bits per heavy atom. The van der Waals surface area contributed by atoms with Gasteiger partial charge in [0.25, 0.3) is 0 Å². The van der Waals surface area contributed by atoms with Gasteiger partial charge in [-0.1, -0.05) is 60.7 Å². The van der Waals surface area contributed by atoms with Gasteiger partial charge in [-0.2, -0.15) is 0 Å². The number of hydrogen-bond acceptors (Lipinski definition) is 3. The van der Waals surface area contributed by atoms with Crippen LogP contribution in [0.2, 0.25) is 0 Å². The first-order chi connectivity index (χ1) is 12.0. The van der Waals surface area contributed by atoms with E-state index in [0.29, 0.717) is 19.3 Å². The second-order valence-electron chi connectivity index (χ2n) is 6.93. The Morgan fingerprint density at radius 3 is 2.16 bits per heavy atom. The van der Waals surface area contributed by atoms with Crippen molar-refractivity contribution in [1.82, 2.24) is 4.90 Å². The molecule has 1 saturated heterocycles. The minimum absolute atomic E-state index is 0.180. The largest absolute Gasteiger partial charge is 0.441 e. The van der Waals surface area contributed by atoms with Crippen LogP contribution in [0.25, 0.3) is 0 Å². The van der Waals surface area contributed by atoms with E-state index in [4.69, 9.17) is 4.74 Å². The van der Waals surface area contributed by atoms with E-state index < -0.39 is 11.7 Å². The third-order valence-electron chi connectivity index (χ3n) is 4.67. The fourth-order valence-electron chi connectivity index (χ4n) is 3.25. The fourth-order valence-corrected chi connectivity index (χ4v) is 3.25. The number of carbonyl (C=O) groups is 2. The summed E-state index contributed by atoms with van der Waals surface area (Å²) in [7, 11) is 0. The van der Waals surface area contributed by atoms with Crippen LogP contribution in [0.5, 0.6) is 0 Å². The van der Waals surface area contributed by atoms with Gasteiger partial charge in [-0.15, -0.1) is 0 Å². The molecule has 0 spiro atoms. The molecule has 0 unspecified atom stereocenters. The Balaban J connectivity index is 1.74. The summed E-state index contributed by atoms with van der Waals surface area (Å²) in [4.78, 5) is 26.4. The van der Waals surface area contributed by atoms with Crippen LogP contribution in [0.15, 0.2) is 60.7 Å². The zero-order valence-electron chi connectivity index (χ0n) is 14.6. The number of imide groups is 1. The van der Waals surface area contributed by atoms with Gasteiger partial charge >= 0.3 is 6.09 Å². The maximum atomic E-state index is 12.7. The molecule has 130 valence electrons. The van der Waals surface area contributed by atoms with Gasteiger partial charge in [0.1, 0.15) is 5.60 Å². The van der Waals surface area contributed by atoms with Gasteiger partial charge in [0.15, 0.2) is 0 Å². The molecule has 2 aromatic carbocycles. The third-order valence-corrected chi connectivity index (χ3v) is 4.67. The molecule has 3 rings (SSSR count). The molecule has 2 amide bonds. The van der Waals surface area contributed by atoms with Gasteiger partial charge in [0.05, 0.1) is 6.04 Å². The van der Waals surface area contributed by atoms with Crippen LogP contribution < -0.4 is 0 Å². The molecule has 1 atom stereocenters. The first-order valence-electron chi connectivity index (χ1n) is 8.60. The highest BCUT2D eigenvalue weighted by molar-refractivity contribution is 5.94. The number of carbonyl (C=O) groups excluding carboxylic acids is 2. The van der Waals surface area contributed by atoms with Crippen molar-refractivity contribution in [3.63, 3.8) is 0 Å². The van der Waals surface area contributed by atoms with Crippen molar-refractivity contribution in [3.8, 4) is 0 Å². The van der Waals surface area contributed by atoms with Crippen LogP contribution in [0.1, 0.15) is 31.4 Å². The zero-order chi connectivity index (χ0) is 17.9. The third kappa shape index (κ3) is 3.90. The van der Waals surface area contributed by atoms with E-state index in [2.05, 4.69) is 0 Å². The van der Waals surface area contributed by atoms with Crippen molar-refractivity contribution in [2.24, 2.45) is 0 Å². The summed E-state index contributed by atoms with van der Waals surface area (Å²) < 4.78 is 5.49. The van der Waals surface area contributed by atoms with Crippen LogP contribution in [0, 0.1) is 0 Å². The quantitative estimate of drug-likeness (QED) is 0.829. The van der Waals surface area contributed by atoms with E-state index in [1.807, 2.05) is 74.5 Å². The van der Waals surface area contributed by atoms with Crippen LogP contribution >= 0.6 is 0 Å². The number of hydrogen-bond donors (Lipinski definition) is 0. The fraction of sp³-hybridized carbons (Fsp3) is 0.333. The van der Waals surface area contributed by atoms with Crippen LogP contribution in [-0.4, -0.2) is 28.5 Å². The topological polar surface area (TPSA) is 46.6 Å². The summed E-state index contributed by atoms with van der Waals surface area (Å²) >= 11 is 0. The Bertz CT molecular complexity index is 740. The van der Waals surface area contributed by atoms with E-state index in [0.717, 1.165) is 11.1 Å². The molecule has 0 bridgehead atoms. The molecular formula is C21H23NO3. The highest BCUT2D eigenvalue weighted by Gasteiger charge is 2.50. The van der Waals surface area contributed by atoms with Crippen molar-refractivity contribution in [2.45, 2.75) is 44.8 Å². The maximum Gasteiger partial charge on any atom is 0.417 e. The summed E-state index contributed by atoms with van der Waals surface area (Å²) in [6.45, 7) is 3.73. The Hall–Kier alpha value is -2.62. The lowest BCUT2D eigenvalue weighted by atomic mass is 9.92. The van der Waals surface area contributed by atoms with E-state index >= 15 is 0 Å². The number of amides is 2. The van der Waals surface area contributed by atoms with Gasteiger partial charge in [0.2, 0.25) is 5.91 Å². The molecule has 1 heterocycles. The predicted octanol–water partition coefficient (Wildman–Crippen LogP) is 3.99. The average Bonchev–Trinajstić information content (AvgIpc) is 2.83. The van der Waals surface area contributed by atoms with Gasteiger partial charge in [-0.3, -0.25) is 4.79 Å². The molecule has 0 aromatic heterocycles. The molecule has 4 nitrogen and oxygen atoms in total. The van der Waals surface area contributed by atoms with Gasteiger partial charge in [-0.25, -0.2) is 9.69 Å². The van der Waals surface area contributed by atoms with Gasteiger partial charge < -0.3 is 4.74 Å².